The molecule has 0 radical (unpaired) electrons. The average molecular weight is 433 g/mol. The second kappa shape index (κ2) is 8.95. The van der Waals surface area contributed by atoms with E-state index >= 15 is 0 Å². The Kier molecular flexibility index (Phi) is 6.53. The second-order valence-corrected chi connectivity index (χ2v) is 9.39. The van der Waals surface area contributed by atoms with Gasteiger partial charge in [0.05, 0.1) is 15.6 Å². The minimum Gasteiger partial charge on any atom is -0.385 e. The van der Waals surface area contributed by atoms with Crippen LogP contribution in [0.2, 0.25) is 10.0 Å². The van der Waals surface area contributed by atoms with Crippen LogP contribution < -0.4 is 5.32 Å². The van der Waals surface area contributed by atoms with Crippen LogP contribution in [0.3, 0.4) is 0 Å². The predicted octanol–water partition coefficient (Wildman–Crippen LogP) is 5.20. The molecule has 4 rings (SSSR count). The lowest BCUT2D eigenvalue weighted by atomic mass is 9.79. The van der Waals surface area contributed by atoms with Gasteiger partial charge in [0, 0.05) is 31.1 Å². The zero-order valence-corrected chi connectivity index (χ0v) is 18.5. The molecule has 2 fully saturated rings. The molecule has 2 aliphatic rings. The van der Waals surface area contributed by atoms with E-state index in [1.807, 2.05) is 42.5 Å². The van der Waals surface area contributed by atoms with Crippen molar-refractivity contribution in [2.75, 3.05) is 19.6 Å². The molecule has 3 nitrogen and oxygen atoms in total. The van der Waals surface area contributed by atoms with Gasteiger partial charge >= 0.3 is 0 Å². The molecule has 2 aliphatic heterocycles. The first-order valence-corrected chi connectivity index (χ1v) is 11.4. The molecule has 0 aromatic heterocycles. The van der Waals surface area contributed by atoms with Crippen LogP contribution in [0.5, 0.6) is 0 Å². The zero-order chi connectivity index (χ0) is 20.4. The van der Waals surface area contributed by atoms with E-state index in [0.717, 1.165) is 44.5 Å². The van der Waals surface area contributed by atoms with Gasteiger partial charge < -0.3 is 10.4 Å². The molecule has 0 bridgehead atoms. The molecule has 2 saturated heterocycles. The Bertz CT molecular complexity index is 821. The molecule has 156 valence electrons. The molecular weight excluding hydrogens is 403 g/mol. The Morgan fingerprint density at radius 2 is 1.79 bits per heavy atom. The highest BCUT2D eigenvalue weighted by Gasteiger charge is 2.39. The zero-order valence-electron chi connectivity index (χ0n) is 17.0. The van der Waals surface area contributed by atoms with Gasteiger partial charge in [0.25, 0.3) is 0 Å². The molecule has 3 atom stereocenters. The summed E-state index contributed by atoms with van der Waals surface area (Å²) in [4.78, 5) is 2.53. The van der Waals surface area contributed by atoms with Crippen LogP contribution >= 0.6 is 23.2 Å². The highest BCUT2D eigenvalue weighted by Crippen LogP contribution is 2.37. The Balaban J connectivity index is 1.46. The van der Waals surface area contributed by atoms with Crippen LogP contribution in [-0.2, 0) is 5.60 Å². The van der Waals surface area contributed by atoms with E-state index in [4.69, 9.17) is 23.2 Å². The summed E-state index contributed by atoms with van der Waals surface area (Å²) in [6, 6.07) is 16.9. The minimum atomic E-state index is -0.708. The molecule has 5 heteroatoms. The van der Waals surface area contributed by atoms with Crippen molar-refractivity contribution in [1.82, 2.24) is 10.2 Å². The summed E-state index contributed by atoms with van der Waals surface area (Å²) in [5.74, 6) is 0.420. The van der Waals surface area contributed by atoms with Crippen molar-refractivity contribution in [1.29, 1.82) is 0 Å². The summed E-state index contributed by atoms with van der Waals surface area (Å²) in [5, 5.41) is 16.2. The van der Waals surface area contributed by atoms with Crippen molar-refractivity contribution in [3.63, 3.8) is 0 Å². The molecule has 0 amide bonds. The number of aliphatic hydroxyl groups is 1. The Morgan fingerprint density at radius 1 is 1.07 bits per heavy atom. The van der Waals surface area contributed by atoms with E-state index < -0.39 is 5.60 Å². The van der Waals surface area contributed by atoms with Gasteiger partial charge in [0.1, 0.15) is 0 Å². The fraction of sp³-hybridized carbons (Fsp3) is 0.500. The SMILES string of the molecule is CC(C1NCCCC1c1ccc(Cl)c(Cl)c1)N1CCC(O)(c2ccccc2)CC1. The fourth-order valence-electron chi connectivity index (χ4n) is 5.10. The van der Waals surface area contributed by atoms with E-state index in [9.17, 15) is 5.11 Å². The molecule has 0 saturated carbocycles. The number of hydrogen-bond donors (Lipinski definition) is 2. The largest absolute Gasteiger partial charge is 0.385 e. The van der Waals surface area contributed by atoms with Gasteiger partial charge in [0.15, 0.2) is 0 Å². The number of nitrogens with zero attached hydrogens (tertiary/aromatic N) is 1. The first-order chi connectivity index (χ1) is 14.0. The molecule has 2 aromatic carbocycles. The summed E-state index contributed by atoms with van der Waals surface area (Å²) in [7, 11) is 0. The monoisotopic (exact) mass is 432 g/mol. The van der Waals surface area contributed by atoms with Crippen LogP contribution in [-0.4, -0.2) is 41.7 Å². The second-order valence-electron chi connectivity index (χ2n) is 8.58. The summed E-state index contributed by atoms with van der Waals surface area (Å²) in [6.45, 7) is 5.17. The molecule has 2 N–H and O–H groups in total. The molecule has 2 heterocycles. The van der Waals surface area contributed by atoms with E-state index in [1.165, 1.54) is 12.0 Å². The number of piperidine rings is 2. The van der Waals surface area contributed by atoms with Gasteiger partial charge in [-0.1, -0.05) is 59.6 Å². The van der Waals surface area contributed by atoms with Crippen molar-refractivity contribution in [2.24, 2.45) is 0 Å². The lowest BCUT2D eigenvalue weighted by Gasteiger charge is -2.46. The third-order valence-corrected chi connectivity index (χ3v) is 7.65. The van der Waals surface area contributed by atoms with Crippen molar-refractivity contribution in [3.8, 4) is 0 Å². The fourth-order valence-corrected chi connectivity index (χ4v) is 5.41. The maximum Gasteiger partial charge on any atom is 0.0920 e. The van der Waals surface area contributed by atoms with Crippen LogP contribution in [0.15, 0.2) is 48.5 Å². The first kappa shape index (κ1) is 21.1. The van der Waals surface area contributed by atoms with Gasteiger partial charge in [-0.2, -0.15) is 0 Å². The third kappa shape index (κ3) is 4.50. The smallest absolute Gasteiger partial charge is 0.0920 e. The highest BCUT2D eigenvalue weighted by molar-refractivity contribution is 6.42. The van der Waals surface area contributed by atoms with E-state index in [2.05, 4.69) is 23.2 Å². The molecule has 3 unspecified atom stereocenters. The van der Waals surface area contributed by atoms with Crippen LogP contribution in [0.25, 0.3) is 0 Å². The van der Waals surface area contributed by atoms with Gasteiger partial charge in [0.2, 0.25) is 0 Å². The van der Waals surface area contributed by atoms with Crippen LogP contribution in [0, 0.1) is 0 Å². The lowest BCUT2D eigenvalue weighted by Crippen LogP contribution is -2.56. The molecule has 29 heavy (non-hydrogen) atoms. The van der Waals surface area contributed by atoms with Crippen LogP contribution in [0.4, 0.5) is 0 Å². The normalized spacial score (nSPS) is 26.2. The van der Waals surface area contributed by atoms with E-state index in [1.54, 1.807) is 0 Å². The summed E-state index contributed by atoms with van der Waals surface area (Å²) >= 11 is 12.4. The number of hydrogen-bond acceptors (Lipinski definition) is 3. The standard InChI is InChI=1S/C24H30Cl2N2O/c1-17(28-14-11-24(29,12-15-28)19-6-3-2-4-7-19)23-20(8-5-13-27-23)18-9-10-21(25)22(26)16-18/h2-4,6-7,9-10,16-17,20,23,27,29H,5,8,11-15H2,1H3. The summed E-state index contributed by atoms with van der Waals surface area (Å²) in [6.07, 6.45) is 3.86. The Morgan fingerprint density at radius 3 is 2.48 bits per heavy atom. The van der Waals surface area contributed by atoms with Crippen molar-refractivity contribution >= 4 is 23.2 Å². The number of rotatable bonds is 4. The van der Waals surface area contributed by atoms with Crippen molar-refractivity contribution < 1.29 is 5.11 Å². The first-order valence-electron chi connectivity index (χ1n) is 10.7. The average Bonchev–Trinajstić information content (AvgIpc) is 2.76. The van der Waals surface area contributed by atoms with Crippen LogP contribution in [0.1, 0.15) is 49.7 Å². The lowest BCUT2D eigenvalue weighted by molar-refractivity contribution is -0.0392. The third-order valence-electron chi connectivity index (χ3n) is 6.91. The van der Waals surface area contributed by atoms with Crippen molar-refractivity contribution in [2.45, 2.75) is 56.2 Å². The number of nitrogens with one attached hydrogen (secondary N) is 1. The van der Waals surface area contributed by atoms with Gasteiger partial charge in [-0.25, -0.2) is 0 Å². The minimum absolute atomic E-state index is 0.365. The van der Waals surface area contributed by atoms with Gasteiger partial charge in [-0.05, 0) is 62.4 Å². The van der Waals surface area contributed by atoms with E-state index in [-0.39, 0.29) is 0 Å². The van der Waals surface area contributed by atoms with Crippen molar-refractivity contribution in [3.05, 3.63) is 69.7 Å². The maximum atomic E-state index is 11.2. The molecule has 0 aliphatic carbocycles. The Hall–Kier alpha value is -1.10. The van der Waals surface area contributed by atoms with Gasteiger partial charge in [-0.15, -0.1) is 0 Å². The molecular formula is C24H30Cl2N2O. The predicted molar refractivity (Wildman–Crippen MR) is 121 cm³/mol. The topological polar surface area (TPSA) is 35.5 Å². The van der Waals surface area contributed by atoms with E-state index in [0.29, 0.717) is 28.0 Å². The maximum absolute atomic E-state index is 11.2. The number of halogens is 2. The molecule has 0 spiro atoms. The number of benzene rings is 2. The summed E-state index contributed by atoms with van der Waals surface area (Å²) in [5.41, 5.74) is 1.60. The number of likely N-dealkylation sites (tertiary alicyclic amines) is 1. The quantitative estimate of drug-likeness (QED) is 0.696. The van der Waals surface area contributed by atoms with Gasteiger partial charge in [-0.3, -0.25) is 4.90 Å². The Labute approximate surface area is 184 Å². The summed E-state index contributed by atoms with van der Waals surface area (Å²) < 4.78 is 0. The molecule has 2 aromatic rings. The highest BCUT2D eigenvalue weighted by atomic mass is 35.5.